The summed E-state index contributed by atoms with van der Waals surface area (Å²) in [5.74, 6) is 1.65. The average Bonchev–Trinajstić information content (AvgIpc) is 2.37. The first-order chi connectivity index (χ1) is 8.74. The Balaban J connectivity index is 2.99. The lowest BCUT2D eigenvalue weighted by Crippen LogP contribution is -2.31. The van der Waals surface area contributed by atoms with Gasteiger partial charge in [0.1, 0.15) is 0 Å². The number of aromatic nitrogens is 3. The van der Waals surface area contributed by atoms with Crippen molar-refractivity contribution >= 4 is 5.97 Å². The first-order valence-electron chi connectivity index (χ1n) is 5.13. The topological polar surface area (TPSA) is 74.1 Å². The van der Waals surface area contributed by atoms with Crippen LogP contribution in [0.5, 0.6) is 0 Å². The van der Waals surface area contributed by atoms with E-state index in [2.05, 4.69) is 16.2 Å². The summed E-state index contributed by atoms with van der Waals surface area (Å²) in [6.45, 7) is 0. The Morgan fingerprint density at radius 3 is 2.94 bits per heavy atom. The van der Waals surface area contributed by atoms with Crippen molar-refractivity contribution in [3.63, 3.8) is 0 Å². The maximum Gasteiger partial charge on any atom is 0.336 e. The second kappa shape index (κ2) is 7.57. The van der Waals surface area contributed by atoms with E-state index >= 15 is 0 Å². The van der Waals surface area contributed by atoms with Gasteiger partial charge in [-0.1, -0.05) is 18.2 Å². The number of carbonyl (C=O) groups is 1. The SMILES string of the molecule is C#CCCC(=O)On1nnccccccc1=O. The first kappa shape index (κ1) is 13.4. The summed E-state index contributed by atoms with van der Waals surface area (Å²) in [6.07, 6.45) is 6.61. The summed E-state index contributed by atoms with van der Waals surface area (Å²) in [4.78, 5) is 28.1. The fourth-order valence-corrected chi connectivity index (χ4v) is 0.918. The van der Waals surface area contributed by atoms with Crippen molar-refractivity contribution in [1.82, 2.24) is 15.2 Å². The molecule has 0 aliphatic carbocycles. The highest BCUT2D eigenvalue weighted by molar-refractivity contribution is 5.69. The van der Waals surface area contributed by atoms with Gasteiger partial charge in [0, 0.05) is 12.5 Å². The van der Waals surface area contributed by atoms with Crippen molar-refractivity contribution in [2.45, 2.75) is 12.8 Å². The largest absolute Gasteiger partial charge is 0.336 e. The van der Waals surface area contributed by atoms with Crippen LogP contribution < -0.4 is 10.4 Å². The van der Waals surface area contributed by atoms with E-state index in [-0.39, 0.29) is 12.8 Å². The lowest BCUT2D eigenvalue weighted by molar-refractivity contribution is -0.146. The van der Waals surface area contributed by atoms with Crippen LogP contribution in [0.4, 0.5) is 0 Å². The molecule has 0 unspecified atom stereocenters. The number of hydrogen-bond acceptors (Lipinski definition) is 5. The molecule has 0 aromatic carbocycles. The van der Waals surface area contributed by atoms with Crippen LogP contribution in [0.1, 0.15) is 12.8 Å². The number of rotatable bonds is 3. The van der Waals surface area contributed by atoms with E-state index in [1.165, 1.54) is 18.3 Å². The molecule has 1 rings (SSSR count). The molecular weight excluding hydrogens is 234 g/mol. The van der Waals surface area contributed by atoms with Crippen LogP contribution in [0.2, 0.25) is 0 Å². The predicted molar refractivity (Wildman–Crippen MR) is 63.6 cm³/mol. The molecule has 0 amide bonds. The van der Waals surface area contributed by atoms with Gasteiger partial charge in [0.05, 0.1) is 12.6 Å². The number of terminal acetylenes is 1. The van der Waals surface area contributed by atoms with Crippen molar-refractivity contribution in [2.24, 2.45) is 0 Å². The quantitative estimate of drug-likeness (QED) is 0.559. The van der Waals surface area contributed by atoms with E-state index in [0.29, 0.717) is 4.85 Å². The van der Waals surface area contributed by atoms with Gasteiger partial charge in [-0.05, 0) is 16.1 Å². The van der Waals surface area contributed by atoms with Gasteiger partial charge in [-0.3, -0.25) is 4.79 Å². The maximum absolute atomic E-state index is 11.6. The summed E-state index contributed by atoms with van der Waals surface area (Å²) < 4.78 is 0. The lowest BCUT2D eigenvalue weighted by Gasteiger charge is -1.99. The summed E-state index contributed by atoms with van der Waals surface area (Å²) in [6, 6.07) is 7.62. The Bertz CT molecular complexity index is 559. The molecular formula is C12H11N3O3. The average molecular weight is 245 g/mol. The molecule has 1 aromatic rings. The highest BCUT2D eigenvalue weighted by Gasteiger charge is 2.04. The maximum atomic E-state index is 11.6. The van der Waals surface area contributed by atoms with Gasteiger partial charge in [0.15, 0.2) is 0 Å². The Kier molecular flexibility index (Phi) is 5.63. The Morgan fingerprint density at radius 2 is 2.17 bits per heavy atom. The smallest absolute Gasteiger partial charge is 0.314 e. The Morgan fingerprint density at radius 1 is 1.39 bits per heavy atom. The summed E-state index contributed by atoms with van der Waals surface area (Å²) in [7, 11) is 0. The van der Waals surface area contributed by atoms with Crippen LogP contribution in [0, 0.1) is 12.3 Å². The molecule has 0 fully saturated rings. The molecule has 0 saturated heterocycles. The van der Waals surface area contributed by atoms with Gasteiger partial charge in [0.2, 0.25) is 0 Å². The minimum atomic E-state index is -0.648. The molecule has 1 heterocycles. The Hall–Kier alpha value is -2.68. The van der Waals surface area contributed by atoms with Gasteiger partial charge in [-0.15, -0.1) is 17.4 Å². The molecule has 0 atom stereocenters. The molecule has 0 N–H and O–H groups in total. The monoisotopic (exact) mass is 245 g/mol. The second-order valence-electron chi connectivity index (χ2n) is 3.07. The first-order valence-corrected chi connectivity index (χ1v) is 5.13. The van der Waals surface area contributed by atoms with E-state index in [0.717, 1.165) is 0 Å². The molecule has 18 heavy (non-hydrogen) atoms. The van der Waals surface area contributed by atoms with Crippen LogP contribution in [0.25, 0.3) is 0 Å². The molecule has 0 radical (unpaired) electrons. The van der Waals surface area contributed by atoms with Gasteiger partial charge in [-0.25, -0.2) is 4.79 Å². The Labute approximate surface area is 103 Å². The highest BCUT2D eigenvalue weighted by atomic mass is 16.7. The molecule has 0 bridgehead atoms. The van der Waals surface area contributed by atoms with Crippen LogP contribution in [0.15, 0.2) is 41.3 Å². The van der Waals surface area contributed by atoms with Gasteiger partial charge in [-0.2, -0.15) is 0 Å². The summed E-state index contributed by atoms with van der Waals surface area (Å²) in [5, 5.41) is 7.00. The fourth-order valence-electron chi connectivity index (χ4n) is 0.918. The standard InChI is InChI=1S/C12H11N3O3/c1-2-3-9-12(17)18-15-11(16)8-6-4-5-7-10-13-14-15/h1,4-8,10H,3,9H2. The van der Waals surface area contributed by atoms with Crippen molar-refractivity contribution in [3.8, 4) is 12.3 Å². The second-order valence-corrected chi connectivity index (χ2v) is 3.07. The normalized spacial score (nSPS) is 8.83. The van der Waals surface area contributed by atoms with E-state index < -0.39 is 11.5 Å². The van der Waals surface area contributed by atoms with E-state index in [4.69, 9.17) is 11.3 Å². The zero-order valence-corrected chi connectivity index (χ0v) is 9.52. The zero-order chi connectivity index (χ0) is 13.2. The number of hydrogen-bond donors (Lipinski definition) is 0. The molecule has 0 saturated carbocycles. The molecule has 0 aliphatic heterocycles. The van der Waals surface area contributed by atoms with E-state index in [1.807, 2.05) is 0 Å². The van der Waals surface area contributed by atoms with Crippen LogP contribution in [-0.2, 0) is 4.79 Å². The minimum Gasteiger partial charge on any atom is -0.314 e. The van der Waals surface area contributed by atoms with Crippen molar-refractivity contribution in [1.29, 1.82) is 0 Å². The summed E-state index contributed by atoms with van der Waals surface area (Å²) in [5.41, 5.74) is -0.618. The molecule has 6 heteroatoms. The van der Waals surface area contributed by atoms with E-state index in [1.54, 1.807) is 18.2 Å². The third kappa shape index (κ3) is 4.90. The minimum absolute atomic E-state index is 0.00918. The van der Waals surface area contributed by atoms with Crippen LogP contribution >= 0.6 is 0 Å². The predicted octanol–water partition coefficient (Wildman–Crippen LogP) is 0.131. The molecule has 0 aliphatic rings. The highest BCUT2D eigenvalue weighted by Crippen LogP contribution is 1.86. The van der Waals surface area contributed by atoms with Gasteiger partial charge in [0.25, 0.3) is 0 Å². The third-order valence-electron chi connectivity index (χ3n) is 1.71. The molecule has 0 spiro atoms. The lowest BCUT2D eigenvalue weighted by atomic mass is 10.3. The summed E-state index contributed by atoms with van der Waals surface area (Å²) >= 11 is 0. The fraction of sp³-hybridized carbons (Fsp3) is 0.167. The number of nitrogens with zero attached hydrogens (tertiary/aromatic N) is 3. The van der Waals surface area contributed by atoms with Crippen molar-refractivity contribution in [2.75, 3.05) is 0 Å². The third-order valence-corrected chi connectivity index (χ3v) is 1.71. The van der Waals surface area contributed by atoms with E-state index in [9.17, 15) is 9.59 Å². The van der Waals surface area contributed by atoms with Gasteiger partial charge < -0.3 is 4.84 Å². The molecule has 6 nitrogen and oxygen atoms in total. The van der Waals surface area contributed by atoms with Crippen molar-refractivity contribution < 1.29 is 9.63 Å². The van der Waals surface area contributed by atoms with Crippen LogP contribution in [0.3, 0.4) is 0 Å². The van der Waals surface area contributed by atoms with Crippen LogP contribution in [-0.4, -0.2) is 21.1 Å². The molecule has 1 aromatic heterocycles. The van der Waals surface area contributed by atoms with Crippen molar-refractivity contribution in [3.05, 3.63) is 46.9 Å². The van der Waals surface area contributed by atoms with Gasteiger partial charge >= 0.3 is 11.5 Å². The zero-order valence-electron chi connectivity index (χ0n) is 9.52. The molecule has 92 valence electrons. The number of carbonyl (C=O) groups excluding carboxylic acids is 1.